The molecule has 4 rings (SSSR count). The average molecular weight is 521 g/mol. The Bertz CT molecular complexity index is 1360. The predicted molar refractivity (Wildman–Crippen MR) is 141 cm³/mol. The van der Waals surface area contributed by atoms with Crippen LogP contribution >= 0.6 is 11.3 Å². The molecule has 9 heteroatoms. The van der Waals surface area contributed by atoms with E-state index in [0.29, 0.717) is 35.1 Å². The Morgan fingerprint density at radius 2 is 1.86 bits per heavy atom. The molecule has 1 aromatic heterocycles. The first kappa shape index (κ1) is 26.1. The molecule has 1 aliphatic heterocycles. The van der Waals surface area contributed by atoms with Gasteiger partial charge in [0.1, 0.15) is 16.4 Å². The van der Waals surface area contributed by atoms with Gasteiger partial charge in [-0.3, -0.25) is 14.5 Å². The number of aliphatic hydroxyl groups is 1. The van der Waals surface area contributed by atoms with Gasteiger partial charge in [0.05, 0.1) is 31.0 Å². The highest BCUT2D eigenvalue weighted by molar-refractivity contribution is 7.17. The van der Waals surface area contributed by atoms with Crippen molar-refractivity contribution in [2.75, 3.05) is 18.6 Å². The standard InChI is InChI=1S/C28H28N2O6S/c1-16(2)13-14-36-20-12-8-11-19(15-20)22-21(23(31)18-9-6-5-7-10-18)24(32)26(33)30(22)28-29-17(3)25(37-28)27(34)35-4/h5-12,15-16,22,31H,13-14H2,1-4H3. The quantitative estimate of drug-likeness (QED) is 0.186. The second kappa shape index (κ2) is 11.0. The van der Waals surface area contributed by atoms with Crippen LogP contribution in [-0.2, 0) is 14.3 Å². The molecule has 1 amide bonds. The number of methoxy groups -OCH3 is 1. The van der Waals surface area contributed by atoms with E-state index in [4.69, 9.17) is 9.47 Å². The second-order valence-electron chi connectivity index (χ2n) is 9.04. The van der Waals surface area contributed by atoms with E-state index in [-0.39, 0.29) is 21.3 Å². The topological polar surface area (TPSA) is 106 Å². The zero-order chi connectivity index (χ0) is 26.7. The van der Waals surface area contributed by atoms with Gasteiger partial charge in [-0.2, -0.15) is 0 Å². The van der Waals surface area contributed by atoms with Gasteiger partial charge in [-0.15, -0.1) is 0 Å². The third-order valence-electron chi connectivity index (χ3n) is 5.99. The molecule has 1 saturated heterocycles. The lowest BCUT2D eigenvalue weighted by Crippen LogP contribution is -2.29. The minimum atomic E-state index is -0.982. The number of ketones is 1. The number of hydrogen-bond acceptors (Lipinski definition) is 8. The molecule has 1 atom stereocenters. The molecule has 1 N–H and O–H groups in total. The largest absolute Gasteiger partial charge is 0.507 e. The minimum Gasteiger partial charge on any atom is -0.507 e. The van der Waals surface area contributed by atoms with Gasteiger partial charge in [0.25, 0.3) is 5.78 Å². The van der Waals surface area contributed by atoms with Crippen LogP contribution in [0.3, 0.4) is 0 Å². The SMILES string of the molecule is COC(=O)c1sc(N2C(=O)C(=O)C(=C(O)c3ccccc3)C2c2cccc(OCCC(C)C)c2)nc1C. The molecule has 37 heavy (non-hydrogen) atoms. The molecule has 2 aromatic carbocycles. The molecule has 1 unspecified atom stereocenters. The molecule has 0 spiro atoms. The van der Waals surface area contributed by atoms with Crippen molar-refractivity contribution in [1.29, 1.82) is 0 Å². The van der Waals surface area contributed by atoms with Crippen molar-refractivity contribution in [3.8, 4) is 5.75 Å². The zero-order valence-electron chi connectivity index (χ0n) is 21.1. The van der Waals surface area contributed by atoms with Gasteiger partial charge in [0, 0.05) is 5.56 Å². The maximum absolute atomic E-state index is 13.4. The smallest absolute Gasteiger partial charge is 0.350 e. The number of anilines is 1. The van der Waals surface area contributed by atoms with Gasteiger partial charge in [-0.05, 0) is 37.0 Å². The van der Waals surface area contributed by atoms with E-state index in [1.807, 2.05) is 0 Å². The van der Waals surface area contributed by atoms with Crippen LogP contribution in [0.15, 0.2) is 60.2 Å². The zero-order valence-corrected chi connectivity index (χ0v) is 21.9. The van der Waals surface area contributed by atoms with Crippen molar-refractivity contribution >= 4 is 39.9 Å². The Morgan fingerprint density at radius 3 is 2.54 bits per heavy atom. The maximum atomic E-state index is 13.4. The van der Waals surface area contributed by atoms with Crippen LogP contribution in [0, 0.1) is 12.8 Å². The molecule has 0 bridgehead atoms. The van der Waals surface area contributed by atoms with E-state index in [9.17, 15) is 19.5 Å². The van der Waals surface area contributed by atoms with Gasteiger partial charge in [-0.1, -0.05) is 67.6 Å². The molecule has 8 nitrogen and oxygen atoms in total. The molecular formula is C28H28N2O6S. The Balaban J connectivity index is 1.86. The van der Waals surface area contributed by atoms with E-state index in [2.05, 4.69) is 18.8 Å². The Morgan fingerprint density at radius 1 is 1.14 bits per heavy atom. The Kier molecular flexibility index (Phi) is 7.73. The number of ether oxygens (including phenoxy) is 2. The third-order valence-corrected chi connectivity index (χ3v) is 7.13. The van der Waals surface area contributed by atoms with Crippen LogP contribution in [-0.4, -0.2) is 41.5 Å². The molecule has 192 valence electrons. The van der Waals surface area contributed by atoms with E-state index in [0.717, 1.165) is 17.8 Å². The van der Waals surface area contributed by atoms with Gasteiger partial charge in [-0.25, -0.2) is 9.78 Å². The predicted octanol–water partition coefficient (Wildman–Crippen LogP) is 5.29. The summed E-state index contributed by atoms with van der Waals surface area (Å²) in [6, 6.07) is 14.7. The first-order valence-electron chi connectivity index (χ1n) is 11.9. The first-order chi connectivity index (χ1) is 17.7. The van der Waals surface area contributed by atoms with Gasteiger partial charge in [0.2, 0.25) is 0 Å². The lowest BCUT2D eigenvalue weighted by atomic mass is 9.95. The highest BCUT2D eigenvalue weighted by Gasteiger charge is 2.48. The van der Waals surface area contributed by atoms with Crippen LogP contribution < -0.4 is 9.64 Å². The van der Waals surface area contributed by atoms with Crippen molar-refractivity contribution in [2.45, 2.75) is 33.2 Å². The molecule has 0 saturated carbocycles. The van der Waals surface area contributed by atoms with E-state index >= 15 is 0 Å². The van der Waals surface area contributed by atoms with E-state index in [1.165, 1.54) is 12.0 Å². The Hall–Kier alpha value is -3.98. The highest BCUT2D eigenvalue weighted by atomic mass is 32.1. The number of Topliss-reactive ketones (excluding diaryl/α,β-unsaturated/α-hetero) is 1. The number of amides is 1. The molecule has 0 aliphatic carbocycles. The van der Waals surface area contributed by atoms with Crippen molar-refractivity contribution in [1.82, 2.24) is 4.98 Å². The average Bonchev–Trinajstić information content (AvgIpc) is 3.40. The monoisotopic (exact) mass is 520 g/mol. The summed E-state index contributed by atoms with van der Waals surface area (Å²) < 4.78 is 10.8. The van der Waals surface area contributed by atoms with Crippen LogP contribution in [0.5, 0.6) is 5.75 Å². The van der Waals surface area contributed by atoms with E-state index < -0.39 is 23.7 Å². The number of rotatable bonds is 8. The van der Waals surface area contributed by atoms with E-state index in [1.54, 1.807) is 61.5 Å². The summed E-state index contributed by atoms with van der Waals surface area (Å²) in [5, 5.41) is 11.4. The summed E-state index contributed by atoms with van der Waals surface area (Å²) in [6.45, 7) is 6.36. The van der Waals surface area contributed by atoms with Gasteiger partial charge in [0.15, 0.2) is 5.13 Å². The number of aryl methyl sites for hydroxylation is 1. The van der Waals surface area contributed by atoms with Crippen LogP contribution in [0.2, 0.25) is 0 Å². The lowest BCUT2D eigenvalue weighted by Gasteiger charge is -2.23. The summed E-state index contributed by atoms with van der Waals surface area (Å²) in [4.78, 5) is 44.8. The van der Waals surface area contributed by atoms with Crippen molar-refractivity contribution in [3.05, 3.63) is 81.9 Å². The third kappa shape index (κ3) is 5.27. The molecule has 1 fully saturated rings. The normalized spacial score (nSPS) is 16.9. The van der Waals surface area contributed by atoms with Gasteiger partial charge < -0.3 is 14.6 Å². The fraction of sp³-hybridized carbons (Fsp3) is 0.286. The molecule has 3 aromatic rings. The van der Waals surface area contributed by atoms with Crippen LogP contribution in [0.4, 0.5) is 5.13 Å². The summed E-state index contributed by atoms with van der Waals surface area (Å²) in [6.07, 6.45) is 0.866. The summed E-state index contributed by atoms with van der Waals surface area (Å²) in [7, 11) is 1.26. The number of aliphatic hydroxyl groups excluding tert-OH is 1. The number of nitrogens with zero attached hydrogens (tertiary/aromatic N) is 2. The van der Waals surface area contributed by atoms with Crippen molar-refractivity contribution < 1.29 is 29.0 Å². The fourth-order valence-electron chi connectivity index (χ4n) is 4.05. The summed E-state index contributed by atoms with van der Waals surface area (Å²) in [5.74, 6) is -1.52. The number of hydrogen-bond donors (Lipinski definition) is 1. The highest BCUT2D eigenvalue weighted by Crippen LogP contribution is 2.44. The second-order valence-corrected chi connectivity index (χ2v) is 10.0. The molecule has 1 aliphatic rings. The van der Waals surface area contributed by atoms with Crippen LogP contribution in [0.1, 0.15) is 52.8 Å². The lowest BCUT2D eigenvalue weighted by molar-refractivity contribution is -0.132. The van der Waals surface area contributed by atoms with Crippen molar-refractivity contribution in [3.63, 3.8) is 0 Å². The molecule has 2 heterocycles. The summed E-state index contributed by atoms with van der Waals surface area (Å²) >= 11 is 0.956. The van der Waals surface area contributed by atoms with Crippen molar-refractivity contribution in [2.24, 2.45) is 5.92 Å². The number of esters is 1. The number of aromatic nitrogens is 1. The van der Waals surface area contributed by atoms with Crippen LogP contribution in [0.25, 0.3) is 5.76 Å². The number of carbonyl (C=O) groups excluding carboxylic acids is 3. The summed E-state index contributed by atoms with van der Waals surface area (Å²) in [5.41, 5.74) is 1.27. The number of thiazole rings is 1. The molecular weight excluding hydrogens is 492 g/mol. The fourth-order valence-corrected chi connectivity index (χ4v) is 5.06. The molecule has 0 radical (unpaired) electrons. The first-order valence-corrected chi connectivity index (χ1v) is 12.7. The number of benzene rings is 2. The minimum absolute atomic E-state index is 0.0667. The number of carbonyl (C=O) groups is 3. The van der Waals surface area contributed by atoms with Gasteiger partial charge >= 0.3 is 11.9 Å². The Labute approximate surface area is 219 Å². The maximum Gasteiger partial charge on any atom is 0.350 e.